The summed E-state index contributed by atoms with van der Waals surface area (Å²) in [4.78, 5) is 14.2. The van der Waals surface area contributed by atoms with Gasteiger partial charge in [0.2, 0.25) is 5.91 Å². The number of carbonyl (C=O) groups excluding carboxylic acids is 1. The molecule has 0 saturated carbocycles. The second kappa shape index (κ2) is 8.47. The van der Waals surface area contributed by atoms with E-state index in [9.17, 15) is 9.18 Å². The standard InChI is InChI=1S/C19H17ClFN3OS/c1-2-17-18(25)24(12-14-5-9-16(21)10-6-14)19(26-17)23-22-11-13-3-7-15(20)8-4-13/h3-11,17H,2,12H2,1H3/b22-11+,23-19-. The largest absolute Gasteiger partial charge is 0.284 e. The van der Waals surface area contributed by atoms with Crippen molar-refractivity contribution in [3.63, 3.8) is 0 Å². The molecule has 1 aliphatic rings. The number of rotatable bonds is 5. The monoisotopic (exact) mass is 389 g/mol. The molecule has 0 spiro atoms. The lowest BCUT2D eigenvalue weighted by Crippen LogP contribution is -2.31. The number of halogens is 2. The Hall–Kier alpha value is -2.18. The first-order valence-corrected chi connectivity index (χ1v) is 9.41. The molecule has 1 atom stereocenters. The zero-order chi connectivity index (χ0) is 18.5. The van der Waals surface area contributed by atoms with Crippen molar-refractivity contribution in [3.05, 3.63) is 70.5 Å². The van der Waals surface area contributed by atoms with Crippen LogP contribution in [-0.4, -0.2) is 27.4 Å². The van der Waals surface area contributed by atoms with Gasteiger partial charge in [-0.05, 0) is 41.8 Å². The number of nitrogens with zero attached hydrogens (tertiary/aromatic N) is 3. The SMILES string of the molecule is CCC1S/C(=N\N=C\c2ccc(Cl)cc2)N(Cc2ccc(F)cc2)C1=O. The fraction of sp³-hybridized carbons (Fsp3) is 0.211. The fourth-order valence-electron chi connectivity index (χ4n) is 2.46. The minimum atomic E-state index is -0.302. The zero-order valence-electron chi connectivity index (χ0n) is 14.1. The first-order chi connectivity index (χ1) is 12.6. The first-order valence-electron chi connectivity index (χ1n) is 8.16. The highest BCUT2D eigenvalue weighted by molar-refractivity contribution is 8.15. The smallest absolute Gasteiger partial charge is 0.242 e. The summed E-state index contributed by atoms with van der Waals surface area (Å²) in [5.41, 5.74) is 1.71. The van der Waals surface area contributed by atoms with E-state index in [-0.39, 0.29) is 17.0 Å². The minimum absolute atomic E-state index is 0.00210. The molecule has 2 aromatic carbocycles. The summed E-state index contributed by atoms with van der Waals surface area (Å²) in [7, 11) is 0. The lowest BCUT2D eigenvalue weighted by atomic mass is 10.2. The molecular formula is C19H17ClFN3OS. The van der Waals surface area contributed by atoms with Crippen molar-refractivity contribution < 1.29 is 9.18 Å². The van der Waals surface area contributed by atoms with Gasteiger partial charge < -0.3 is 0 Å². The molecule has 0 N–H and O–H groups in total. The third-order valence-corrected chi connectivity index (χ3v) is 5.45. The Labute approximate surface area is 160 Å². The molecule has 134 valence electrons. The Morgan fingerprint density at radius 1 is 1.19 bits per heavy atom. The second-order valence-electron chi connectivity index (χ2n) is 5.74. The van der Waals surface area contributed by atoms with Crippen molar-refractivity contribution in [1.29, 1.82) is 0 Å². The second-order valence-corrected chi connectivity index (χ2v) is 7.35. The third kappa shape index (κ3) is 4.51. The fourth-order valence-corrected chi connectivity index (χ4v) is 3.61. The summed E-state index contributed by atoms with van der Waals surface area (Å²) in [6.07, 6.45) is 2.33. The van der Waals surface area contributed by atoms with E-state index in [4.69, 9.17) is 11.6 Å². The highest BCUT2D eigenvalue weighted by Crippen LogP contribution is 2.30. The number of hydrogen-bond donors (Lipinski definition) is 0. The number of benzene rings is 2. The van der Waals surface area contributed by atoms with Gasteiger partial charge in [0, 0.05) is 5.02 Å². The summed E-state index contributed by atoms with van der Waals surface area (Å²) in [6, 6.07) is 13.3. The average molecular weight is 390 g/mol. The molecule has 1 heterocycles. The molecule has 7 heteroatoms. The van der Waals surface area contributed by atoms with Crippen molar-refractivity contribution in [1.82, 2.24) is 4.90 Å². The molecule has 1 aliphatic heterocycles. The van der Waals surface area contributed by atoms with Crippen molar-refractivity contribution in [2.75, 3.05) is 0 Å². The van der Waals surface area contributed by atoms with E-state index in [1.807, 2.05) is 19.1 Å². The summed E-state index contributed by atoms with van der Waals surface area (Å²) in [5, 5.41) is 9.38. The summed E-state index contributed by atoms with van der Waals surface area (Å²) in [5.74, 6) is -0.300. The van der Waals surface area contributed by atoms with Crippen molar-refractivity contribution in [2.45, 2.75) is 25.1 Å². The molecule has 4 nitrogen and oxygen atoms in total. The maximum absolute atomic E-state index is 13.1. The van der Waals surface area contributed by atoms with Crippen LogP contribution >= 0.6 is 23.4 Å². The van der Waals surface area contributed by atoms with E-state index in [0.29, 0.717) is 23.2 Å². The van der Waals surface area contributed by atoms with Gasteiger partial charge in [-0.15, -0.1) is 5.10 Å². The van der Waals surface area contributed by atoms with E-state index in [0.717, 1.165) is 11.1 Å². The van der Waals surface area contributed by atoms with Crippen LogP contribution in [0.15, 0.2) is 58.7 Å². The predicted octanol–water partition coefficient (Wildman–Crippen LogP) is 4.72. The lowest BCUT2D eigenvalue weighted by molar-refractivity contribution is -0.126. The van der Waals surface area contributed by atoms with Gasteiger partial charge in [0.05, 0.1) is 18.0 Å². The van der Waals surface area contributed by atoms with Crippen molar-refractivity contribution in [2.24, 2.45) is 10.2 Å². The average Bonchev–Trinajstić information content (AvgIpc) is 2.94. The van der Waals surface area contributed by atoms with Crippen LogP contribution in [0.1, 0.15) is 24.5 Å². The molecule has 0 aromatic heterocycles. The molecule has 1 saturated heterocycles. The van der Waals surface area contributed by atoms with Gasteiger partial charge in [-0.1, -0.05) is 54.6 Å². The number of carbonyl (C=O) groups is 1. The van der Waals surface area contributed by atoms with Crippen LogP contribution in [0, 0.1) is 5.82 Å². The van der Waals surface area contributed by atoms with E-state index in [2.05, 4.69) is 10.2 Å². The Morgan fingerprint density at radius 2 is 1.88 bits per heavy atom. The van der Waals surface area contributed by atoms with E-state index < -0.39 is 0 Å². The molecular weight excluding hydrogens is 373 g/mol. The molecule has 2 aromatic rings. The molecule has 1 fully saturated rings. The van der Waals surface area contributed by atoms with Gasteiger partial charge in [0.25, 0.3) is 0 Å². The van der Waals surface area contributed by atoms with E-state index >= 15 is 0 Å². The highest BCUT2D eigenvalue weighted by Gasteiger charge is 2.36. The van der Waals surface area contributed by atoms with Gasteiger partial charge in [-0.25, -0.2) is 4.39 Å². The van der Waals surface area contributed by atoms with Gasteiger partial charge in [-0.3, -0.25) is 9.69 Å². The van der Waals surface area contributed by atoms with Crippen molar-refractivity contribution in [3.8, 4) is 0 Å². The Balaban J connectivity index is 1.78. The normalized spacial score (nSPS) is 19.0. The number of amides is 1. The van der Waals surface area contributed by atoms with Crippen LogP contribution in [-0.2, 0) is 11.3 Å². The molecule has 1 unspecified atom stereocenters. The Morgan fingerprint density at radius 3 is 2.54 bits per heavy atom. The summed E-state index contributed by atoms with van der Waals surface area (Å²) >= 11 is 7.26. The number of thioether (sulfide) groups is 1. The molecule has 3 rings (SSSR count). The van der Waals surface area contributed by atoms with Gasteiger partial charge in [0.1, 0.15) is 5.82 Å². The molecule has 26 heavy (non-hydrogen) atoms. The number of amidine groups is 1. The summed E-state index contributed by atoms with van der Waals surface area (Å²) < 4.78 is 13.1. The first kappa shape index (κ1) is 18.6. The number of hydrogen-bond acceptors (Lipinski definition) is 4. The Kier molecular flexibility index (Phi) is 6.06. The molecule has 0 aliphatic carbocycles. The van der Waals surface area contributed by atoms with Crippen LogP contribution in [0.4, 0.5) is 4.39 Å². The highest BCUT2D eigenvalue weighted by atomic mass is 35.5. The van der Waals surface area contributed by atoms with E-state index in [1.54, 1.807) is 35.4 Å². The predicted molar refractivity (Wildman–Crippen MR) is 105 cm³/mol. The maximum Gasteiger partial charge on any atom is 0.242 e. The molecule has 0 radical (unpaired) electrons. The topological polar surface area (TPSA) is 45.0 Å². The van der Waals surface area contributed by atoms with Crippen LogP contribution in [0.25, 0.3) is 0 Å². The minimum Gasteiger partial charge on any atom is -0.284 e. The third-order valence-electron chi connectivity index (χ3n) is 3.86. The van der Waals surface area contributed by atoms with Crippen LogP contribution in [0.2, 0.25) is 5.02 Å². The van der Waals surface area contributed by atoms with Gasteiger partial charge in [0.15, 0.2) is 5.17 Å². The molecule has 0 bridgehead atoms. The van der Waals surface area contributed by atoms with E-state index in [1.165, 1.54) is 23.9 Å². The van der Waals surface area contributed by atoms with Crippen LogP contribution in [0.3, 0.4) is 0 Å². The van der Waals surface area contributed by atoms with Crippen LogP contribution in [0.5, 0.6) is 0 Å². The quantitative estimate of drug-likeness (QED) is 0.548. The van der Waals surface area contributed by atoms with Gasteiger partial charge >= 0.3 is 0 Å². The zero-order valence-corrected chi connectivity index (χ0v) is 15.7. The molecule has 1 amide bonds. The maximum atomic E-state index is 13.1. The van der Waals surface area contributed by atoms with Crippen LogP contribution < -0.4 is 0 Å². The van der Waals surface area contributed by atoms with Gasteiger partial charge in [-0.2, -0.15) is 5.10 Å². The Bertz CT molecular complexity index is 837. The summed E-state index contributed by atoms with van der Waals surface area (Å²) in [6.45, 7) is 2.31. The lowest BCUT2D eigenvalue weighted by Gasteiger charge is -2.15. The van der Waals surface area contributed by atoms with Crippen molar-refractivity contribution >= 4 is 40.7 Å².